The summed E-state index contributed by atoms with van der Waals surface area (Å²) in [5.41, 5.74) is 8.09. The molecular formula is C16H18N2O. The Morgan fingerprint density at radius 3 is 2.32 bits per heavy atom. The zero-order chi connectivity index (χ0) is 13.5. The quantitative estimate of drug-likeness (QED) is 0.779. The summed E-state index contributed by atoms with van der Waals surface area (Å²) in [4.78, 5) is 10.9. The molecule has 0 radical (unpaired) electrons. The molecule has 0 aliphatic rings. The Bertz CT molecular complexity index is 520. The monoisotopic (exact) mass is 254 g/mol. The van der Waals surface area contributed by atoms with Crippen molar-refractivity contribution >= 4 is 11.6 Å². The van der Waals surface area contributed by atoms with Gasteiger partial charge in [0.05, 0.1) is 0 Å². The minimum Gasteiger partial charge on any atom is -0.385 e. The highest BCUT2D eigenvalue weighted by atomic mass is 16.1. The number of hydrogen-bond acceptors (Lipinski definition) is 2. The van der Waals surface area contributed by atoms with Crippen molar-refractivity contribution in [3.63, 3.8) is 0 Å². The van der Waals surface area contributed by atoms with Crippen molar-refractivity contribution in [3.05, 3.63) is 65.7 Å². The fourth-order valence-corrected chi connectivity index (χ4v) is 1.92. The Hall–Kier alpha value is -2.29. The van der Waals surface area contributed by atoms with Crippen molar-refractivity contribution in [3.8, 4) is 0 Å². The van der Waals surface area contributed by atoms with Gasteiger partial charge in [-0.2, -0.15) is 0 Å². The smallest absolute Gasteiger partial charge is 0.248 e. The second-order valence-corrected chi connectivity index (χ2v) is 4.46. The van der Waals surface area contributed by atoms with E-state index in [2.05, 4.69) is 29.6 Å². The van der Waals surface area contributed by atoms with E-state index in [1.54, 1.807) is 12.1 Å². The molecule has 0 spiro atoms. The van der Waals surface area contributed by atoms with Gasteiger partial charge in [0.2, 0.25) is 5.91 Å². The summed E-state index contributed by atoms with van der Waals surface area (Å²) in [7, 11) is 0. The molecule has 0 aliphatic carbocycles. The van der Waals surface area contributed by atoms with Crippen LogP contribution < -0.4 is 11.1 Å². The molecule has 0 heterocycles. The van der Waals surface area contributed by atoms with Crippen LogP contribution in [0.2, 0.25) is 0 Å². The molecule has 3 N–H and O–H groups in total. The number of nitrogens with two attached hydrogens (primary N) is 1. The van der Waals surface area contributed by atoms with Crippen LogP contribution in [0.5, 0.6) is 0 Å². The van der Waals surface area contributed by atoms with E-state index in [0.717, 1.165) is 25.1 Å². The molecule has 0 aromatic heterocycles. The molecule has 0 aliphatic heterocycles. The van der Waals surface area contributed by atoms with Crippen LogP contribution >= 0.6 is 0 Å². The Kier molecular flexibility index (Phi) is 4.56. The van der Waals surface area contributed by atoms with Crippen LogP contribution in [0.3, 0.4) is 0 Å². The first-order valence-corrected chi connectivity index (χ1v) is 6.43. The molecule has 0 atom stereocenters. The highest BCUT2D eigenvalue weighted by molar-refractivity contribution is 5.93. The first-order valence-electron chi connectivity index (χ1n) is 6.43. The lowest BCUT2D eigenvalue weighted by molar-refractivity contribution is 0.100. The van der Waals surface area contributed by atoms with E-state index in [-0.39, 0.29) is 0 Å². The minimum absolute atomic E-state index is 0.393. The summed E-state index contributed by atoms with van der Waals surface area (Å²) in [5.74, 6) is -0.393. The highest BCUT2D eigenvalue weighted by Gasteiger charge is 1.99. The maximum atomic E-state index is 10.9. The third kappa shape index (κ3) is 4.14. The van der Waals surface area contributed by atoms with Crippen LogP contribution in [0, 0.1) is 0 Å². The molecule has 0 bridgehead atoms. The predicted molar refractivity (Wildman–Crippen MR) is 78.2 cm³/mol. The normalized spacial score (nSPS) is 10.1. The van der Waals surface area contributed by atoms with Gasteiger partial charge in [0, 0.05) is 17.8 Å². The molecule has 3 nitrogen and oxygen atoms in total. The van der Waals surface area contributed by atoms with Gasteiger partial charge in [-0.15, -0.1) is 0 Å². The van der Waals surface area contributed by atoms with Gasteiger partial charge in [-0.05, 0) is 42.7 Å². The summed E-state index contributed by atoms with van der Waals surface area (Å²) >= 11 is 0. The van der Waals surface area contributed by atoms with Crippen LogP contribution in [-0.4, -0.2) is 12.5 Å². The van der Waals surface area contributed by atoms with E-state index in [9.17, 15) is 4.79 Å². The SMILES string of the molecule is NC(=O)c1ccc(NCCCc2ccccc2)cc1. The summed E-state index contributed by atoms with van der Waals surface area (Å²) in [6.45, 7) is 0.908. The largest absolute Gasteiger partial charge is 0.385 e. The first-order chi connectivity index (χ1) is 9.25. The average molecular weight is 254 g/mol. The lowest BCUT2D eigenvalue weighted by Gasteiger charge is -2.07. The van der Waals surface area contributed by atoms with E-state index in [4.69, 9.17) is 5.73 Å². The fraction of sp³-hybridized carbons (Fsp3) is 0.188. The average Bonchev–Trinajstić information content (AvgIpc) is 2.45. The third-order valence-electron chi connectivity index (χ3n) is 2.98. The van der Waals surface area contributed by atoms with E-state index >= 15 is 0 Å². The molecular weight excluding hydrogens is 236 g/mol. The second-order valence-electron chi connectivity index (χ2n) is 4.46. The molecule has 2 rings (SSSR count). The number of primary amides is 1. The van der Waals surface area contributed by atoms with Crippen molar-refractivity contribution < 1.29 is 4.79 Å². The summed E-state index contributed by atoms with van der Waals surface area (Å²) in [6.07, 6.45) is 2.13. The third-order valence-corrected chi connectivity index (χ3v) is 2.98. The van der Waals surface area contributed by atoms with Gasteiger partial charge in [0.15, 0.2) is 0 Å². The first kappa shape index (κ1) is 13.1. The molecule has 0 fully saturated rings. The minimum atomic E-state index is -0.393. The summed E-state index contributed by atoms with van der Waals surface area (Å²) < 4.78 is 0. The van der Waals surface area contributed by atoms with Gasteiger partial charge in [0.1, 0.15) is 0 Å². The zero-order valence-electron chi connectivity index (χ0n) is 10.8. The number of carbonyl (C=O) groups is 1. The Labute approximate surface area is 113 Å². The zero-order valence-corrected chi connectivity index (χ0v) is 10.8. The number of anilines is 1. The lowest BCUT2D eigenvalue weighted by atomic mass is 10.1. The number of amides is 1. The maximum absolute atomic E-state index is 10.9. The molecule has 2 aromatic carbocycles. The summed E-state index contributed by atoms with van der Waals surface area (Å²) in [6, 6.07) is 17.7. The number of rotatable bonds is 6. The number of benzene rings is 2. The van der Waals surface area contributed by atoms with E-state index in [1.807, 2.05) is 18.2 Å². The van der Waals surface area contributed by atoms with Gasteiger partial charge in [0.25, 0.3) is 0 Å². The van der Waals surface area contributed by atoms with Gasteiger partial charge in [-0.25, -0.2) is 0 Å². The Morgan fingerprint density at radius 2 is 1.68 bits per heavy atom. The second kappa shape index (κ2) is 6.59. The Balaban J connectivity index is 1.75. The van der Waals surface area contributed by atoms with Gasteiger partial charge in [-0.3, -0.25) is 4.79 Å². The van der Waals surface area contributed by atoms with Crippen LogP contribution in [0.4, 0.5) is 5.69 Å². The lowest BCUT2D eigenvalue weighted by Crippen LogP contribution is -2.10. The van der Waals surface area contributed by atoms with Crippen molar-refractivity contribution in [2.75, 3.05) is 11.9 Å². The van der Waals surface area contributed by atoms with Gasteiger partial charge in [-0.1, -0.05) is 30.3 Å². The number of aryl methyl sites for hydroxylation is 1. The van der Waals surface area contributed by atoms with Crippen LogP contribution in [0.25, 0.3) is 0 Å². The maximum Gasteiger partial charge on any atom is 0.248 e. The van der Waals surface area contributed by atoms with Crippen molar-refractivity contribution in [2.45, 2.75) is 12.8 Å². The fourth-order valence-electron chi connectivity index (χ4n) is 1.92. The molecule has 0 unspecified atom stereocenters. The molecule has 0 saturated carbocycles. The molecule has 19 heavy (non-hydrogen) atoms. The molecule has 98 valence electrons. The van der Waals surface area contributed by atoms with Crippen LogP contribution in [0.15, 0.2) is 54.6 Å². The topological polar surface area (TPSA) is 55.1 Å². The van der Waals surface area contributed by atoms with E-state index in [0.29, 0.717) is 5.56 Å². The Morgan fingerprint density at radius 1 is 1.00 bits per heavy atom. The molecule has 1 amide bonds. The van der Waals surface area contributed by atoms with Crippen LogP contribution in [0.1, 0.15) is 22.3 Å². The van der Waals surface area contributed by atoms with E-state index < -0.39 is 5.91 Å². The van der Waals surface area contributed by atoms with Gasteiger partial charge >= 0.3 is 0 Å². The number of carbonyl (C=O) groups excluding carboxylic acids is 1. The van der Waals surface area contributed by atoms with Crippen molar-refractivity contribution in [1.29, 1.82) is 0 Å². The number of hydrogen-bond donors (Lipinski definition) is 2. The van der Waals surface area contributed by atoms with E-state index in [1.165, 1.54) is 5.56 Å². The standard InChI is InChI=1S/C16H18N2O/c17-16(19)14-8-10-15(11-9-14)18-12-4-7-13-5-2-1-3-6-13/h1-3,5-6,8-11,18H,4,7,12H2,(H2,17,19). The highest BCUT2D eigenvalue weighted by Crippen LogP contribution is 2.09. The molecule has 0 saturated heterocycles. The van der Waals surface area contributed by atoms with Crippen LogP contribution in [-0.2, 0) is 6.42 Å². The predicted octanol–water partition coefficient (Wildman–Crippen LogP) is 2.83. The van der Waals surface area contributed by atoms with Crippen molar-refractivity contribution in [2.24, 2.45) is 5.73 Å². The molecule has 3 heteroatoms. The molecule has 2 aromatic rings. The number of nitrogens with one attached hydrogen (secondary N) is 1. The summed E-state index contributed by atoms with van der Waals surface area (Å²) in [5, 5.41) is 3.33. The van der Waals surface area contributed by atoms with Crippen molar-refractivity contribution in [1.82, 2.24) is 0 Å². The van der Waals surface area contributed by atoms with Gasteiger partial charge < -0.3 is 11.1 Å².